The molecule has 0 radical (unpaired) electrons. The van der Waals surface area contributed by atoms with Gasteiger partial charge < -0.3 is 20.1 Å². The number of carbonyl (C=O) groups is 3. The summed E-state index contributed by atoms with van der Waals surface area (Å²) in [6.07, 6.45) is -3.90. The summed E-state index contributed by atoms with van der Waals surface area (Å²) in [7, 11) is 0. The van der Waals surface area contributed by atoms with Gasteiger partial charge in [-0.2, -0.15) is 44.6 Å². The molecule has 1 aliphatic heterocycles. The number of alkyl halides is 9. The van der Waals surface area contributed by atoms with Gasteiger partial charge in [-0.05, 0) is 49.1 Å². The zero-order chi connectivity index (χ0) is 35.6. The summed E-state index contributed by atoms with van der Waals surface area (Å²) < 4.78 is 104. The van der Waals surface area contributed by atoms with Gasteiger partial charge in [-0.3, -0.25) is 14.6 Å². The summed E-state index contributed by atoms with van der Waals surface area (Å²) in [6.45, 7) is 5.82. The fourth-order valence-electron chi connectivity index (χ4n) is 4.09. The molecule has 3 aliphatic rings. The monoisotopic (exact) mass is 694 g/mol. The molecule has 3 N–H and O–H groups in total. The molecule has 0 amide bonds. The Kier molecular flexibility index (Phi) is 14.0. The van der Waals surface area contributed by atoms with E-state index in [4.69, 9.17) is 39.5 Å². The first-order valence-corrected chi connectivity index (χ1v) is 13.8. The Labute approximate surface area is 260 Å². The molecule has 47 heavy (non-hydrogen) atoms. The van der Waals surface area contributed by atoms with Crippen molar-refractivity contribution in [2.75, 3.05) is 19.8 Å². The third-order valence-corrected chi connectivity index (χ3v) is 6.57. The van der Waals surface area contributed by atoms with Crippen molar-refractivity contribution in [1.29, 1.82) is 0 Å². The van der Waals surface area contributed by atoms with E-state index in [-0.39, 0.29) is 0 Å². The lowest BCUT2D eigenvalue weighted by Crippen LogP contribution is -2.36. The van der Waals surface area contributed by atoms with Crippen molar-refractivity contribution in [3.63, 3.8) is 0 Å². The minimum atomic E-state index is -5.08. The third-order valence-electron chi connectivity index (χ3n) is 6.57. The molecular weight excluding hydrogens is 663 g/mol. The van der Waals surface area contributed by atoms with E-state index < -0.39 is 36.4 Å². The molecule has 2 aromatic heterocycles. The normalized spacial score (nSPS) is 17.9. The van der Waals surface area contributed by atoms with Crippen LogP contribution in [0.4, 0.5) is 39.5 Å². The van der Waals surface area contributed by atoms with E-state index in [1.165, 1.54) is 42.5 Å². The van der Waals surface area contributed by atoms with Crippen LogP contribution in [0.2, 0.25) is 0 Å². The van der Waals surface area contributed by atoms with Crippen molar-refractivity contribution in [2.45, 2.75) is 69.8 Å². The van der Waals surface area contributed by atoms with Crippen LogP contribution < -0.4 is 0 Å². The number of carboxylic acids is 3. The first kappa shape index (κ1) is 39.2. The number of ether oxygens (including phenoxy) is 1. The van der Waals surface area contributed by atoms with Crippen LogP contribution in [0.25, 0.3) is 0 Å². The molecular formula is C27H31F9N4O7. The molecule has 1 atom stereocenters. The summed E-state index contributed by atoms with van der Waals surface area (Å²) in [4.78, 5) is 33.5. The van der Waals surface area contributed by atoms with Crippen LogP contribution in [0.5, 0.6) is 0 Å². The highest BCUT2D eigenvalue weighted by Crippen LogP contribution is 2.35. The summed E-state index contributed by atoms with van der Waals surface area (Å²) in [6, 6.07) is 4.19. The lowest BCUT2D eigenvalue weighted by Gasteiger charge is -2.33. The van der Waals surface area contributed by atoms with E-state index >= 15 is 0 Å². The van der Waals surface area contributed by atoms with E-state index in [2.05, 4.69) is 26.8 Å². The third kappa shape index (κ3) is 15.0. The number of carboxylic acid groups (broad SMARTS) is 3. The minimum absolute atomic E-state index is 0.426. The number of pyridine rings is 1. The Morgan fingerprint density at radius 1 is 0.809 bits per heavy atom. The molecule has 0 aromatic carbocycles. The SMILES string of the molecule is O=C(O)C(F)(F)F.O=C(O)C(F)(F)F.O=C(O)C(F)(F)F.c1cncc(CN2Cc3cnn(CC4CC4)c3C(COCC3CC3)C2)c1. The largest absolute Gasteiger partial charge is 0.490 e. The Hall–Kier alpha value is -3.94. The quantitative estimate of drug-likeness (QED) is 0.318. The zero-order valence-corrected chi connectivity index (χ0v) is 24.4. The number of halogens is 9. The smallest absolute Gasteiger partial charge is 0.475 e. The summed E-state index contributed by atoms with van der Waals surface area (Å²) >= 11 is 0. The van der Waals surface area contributed by atoms with Crippen molar-refractivity contribution in [1.82, 2.24) is 19.7 Å². The fraction of sp³-hybridized carbons (Fsp3) is 0.593. The highest BCUT2D eigenvalue weighted by atomic mass is 19.4. The van der Waals surface area contributed by atoms with Crippen molar-refractivity contribution in [2.24, 2.45) is 11.8 Å². The van der Waals surface area contributed by atoms with Gasteiger partial charge in [0.05, 0.1) is 12.8 Å². The molecule has 0 bridgehead atoms. The second kappa shape index (κ2) is 16.8. The van der Waals surface area contributed by atoms with Crippen LogP contribution in [0.15, 0.2) is 30.7 Å². The molecule has 20 heteroatoms. The minimum Gasteiger partial charge on any atom is -0.475 e. The van der Waals surface area contributed by atoms with E-state index in [0.29, 0.717) is 5.92 Å². The van der Waals surface area contributed by atoms with E-state index in [1.807, 2.05) is 18.5 Å². The molecule has 0 saturated heterocycles. The average molecular weight is 695 g/mol. The number of aromatic nitrogens is 3. The number of nitrogens with zero attached hydrogens (tertiary/aromatic N) is 4. The highest BCUT2D eigenvalue weighted by molar-refractivity contribution is 5.73. The van der Waals surface area contributed by atoms with Crippen molar-refractivity contribution in [3.05, 3.63) is 47.5 Å². The molecule has 1 unspecified atom stereocenters. The molecule has 2 fully saturated rings. The van der Waals surface area contributed by atoms with Gasteiger partial charge in [0.1, 0.15) is 0 Å². The van der Waals surface area contributed by atoms with Crippen LogP contribution in [0, 0.1) is 11.8 Å². The van der Waals surface area contributed by atoms with Gasteiger partial charge in [0.2, 0.25) is 0 Å². The van der Waals surface area contributed by atoms with Crippen LogP contribution in [0.3, 0.4) is 0 Å². The zero-order valence-electron chi connectivity index (χ0n) is 24.4. The number of rotatable bonds is 8. The number of hydrogen-bond acceptors (Lipinski definition) is 7. The van der Waals surface area contributed by atoms with Crippen molar-refractivity contribution < 1.29 is 74.0 Å². The van der Waals surface area contributed by atoms with Gasteiger partial charge in [-0.25, -0.2) is 14.4 Å². The maximum Gasteiger partial charge on any atom is 0.490 e. The van der Waals surface area contributed by atoms with Gasteiger partial charge in [-0.15, -0.1) is 0 Å². The van der Waals surface area contributed by atoms with E-state index in [9.17, 15) is 39.5 Å². The van der Waals surface area contributed by atoms with Gasteiger partial charge in [0.25, 0.3) is 0 Å². The molecule has 0 spiro atoms. The van der Waals surface area contributed by atoms with Gasteiger partial charge >= 0.3 is 36.4 Å². The lowest BCUT2D eigenvalue weighted by molar-refractivity contribution is -0.193. The fourth-order valence-corrected chi connectivity index (χ4v) is 4.09. The van der Waals surface area contributed by atoms with E-state index in [0.717, 1.165) is 51.2 Å². The summed E-state index contributed by atoms with van der Waals surface area (Å²) in [5.74, 6) is -6.18. The molecule has 2 aromatic rings. The molecule has 2 saturated carbocycles. The van der Waals surface area contributed by atoms with Crippen LogP contribution in [0.1, 0.15) is 48.4 Å². The predicted octanol–water partition coefficient (Wildman–Crippen LogP) is 5.11. The lowest BCUT2D eigenvalue weighted by atomic mass is 9.96. The van der Waals surface area contributed by atoms with Gasteiger partial charge in [-0.1, -0.05) is 6.07 Å². The molecule has 264 valence electrons. The second-order valence-electron chi connectivity index (χ2n) is 10.8. The summed E-state index contributed by atoms with van der Waals surface area (Å²) in [5, 5.41) is 26.1. The number of aliphatic carboxylic acids is 3. The standard InChI is InChI=1S/C21H28N4O.3C2HF3O2/c1-2-18(8-22-7-1)10-24-12-19-9-23-25(11-16-3-4-16)21(19)20(13-24)15-26-14-17-5-6-17;3*3-2(4,5)1(6)7/h1-2,7-9,16-17,20H,3-6,10-15H2;3*(H,6,7). The van der Waals surface area contributed by atoms with E-state index in [1.54, 1.807) is 0 Å². The second-order valence-corrected chi connectivity index (χ2v) is 10.8. The van der Waals surface area contributed by atoms with Crippen LogP contribution in [-0.2, 0) is 38.8 Å². The Balaban J connectivity index is 0.000000301. The predicted molar refractivity (Wildman–Crippen MR) is 141 cm³/mol. The first-order chi connectivity index (χ1) is 21.7. The molecule has 5 rings (SSSR count). The average Bonchev–Trinajstić information content (AvgIpc) is 3.88. The maximum atomic E-state index is 10.6. The number of fused-ring (bicyclic) bond motifs is 1. The van der Waals surface area contributed by atoms with Gasteiger partial charge in [0.15, 0.2) is 0 Å². The van der Waals surface area contributed by atoms with Crippen molar-refractivity contribution >= 4 is 17.9 Å². The van der Waals surface area contributed by atoms with Crippen molar-refractivity contribution in [3.8, 4) is 0 Å². The molecule has 11 nitrogen and oxygen atoms in total. The number of hydrogen-bond donors (Lipinski definition) is 3. The molecule has 3 heterocycles. The highest BCUT2D eigenvalue weighted by Gasteiger charge is 2.39. The Morgan fingerprint density at radius 2 is 1.32 bits per heavy atom. The summed E-state index contributed by atoms with van der Waals surface area (Å²) in [5.41, 5.74) is 4.11. The first-order valence-electron chi connectivity index (χ1n) is 13.8. The maximum absolute atomic E-state index is 10.6. The van der Waals surface area contributed by atoms with Crippen LogP contribution >= 0.6 is 0 Å². The van der Waals surface area contributed by atoms with Gasteiger partial charge in [0, 0.05) is 62.4 Å². The topological polar surface area (TPSA) is 155 Å². The molecule has 2 aliphatic carbocycles. The van der Waals surface area contributed by atoms with Crippen LogP contribution in [-0.4, -0.2) is 91.2 Å². The Morgan fingerprint density at radius 3 is 1.74 bits per heavy atom. The Bertz CT molecular complexity index is 1250.